The molecule has 1 heterocycles. The van der Waals surface area contributed by atoms with Crippen molar-refractivity contribution in [1.82, 2.24) is 0 Å². The molecular weight excluding hydrogens is 665 g/mol. The highest BCUT2D eigenvalue weighted by atomic mass is 127. The molecule has 3 aliphatic carbocycles. The molecule has 4 unspecified atom stereocenters. The number of halogens is 2. The van der Waals surface area contributed by atoms with Crippen LogP contribution in [0.5, 0.6) is 11.5 Å². The Hall–Kier alpha value is -3.05. The summed E-state index contributed by atoms with van der Waals surface area (Å²) in [6, 6.07) is 12.1. The Bertz CT molecular complexity index is 1540. The van der Waals surface area contributed by atoms with E-state index >= 15 is 0 Å². The first-order chi connectivity index (χ1) is 18.2. The van der Waals surface area contributed by atoms with E-state index in [4.69, 9.17) is 4.74 Å². The molecule has 1 aliphatic heterocycles. The van der Waals surface area contributed by atoms with Crippen LogP contribution in [0.15, 0.2) is 75.8 Å². The van der Waals surface area contributed by atoms with Crippen molar-refractivity contribution in [1.29, 1.82) is 0 Å². The summed E-state index contributed by atoms with van der Waals surface area (Å²) < 4.78 is 6.49. The SMILES string of the molecule is COc1cc(C2C3=CCC4C(=O)N(c5ccc(I)cc5)C(=O)C4C3CC3=C2C(=O)C=C(Br)C3=O)ccc1O. The standard InChI is InChI=1S/C29H21BrINO6/c1-38-23-10-13(2-9-21(23)33)24-16-7-8-17-25(18(16)11-19-26(24)22(34)12-20(30)27(19)35)29(37)32(28(17)36)15-5-3-14(31)4-6-15/h2-7,9-10,12,17-18,24-25,33H,8,11H2,1H3. The lowest BCUT2D eigenvalue weighted by atomic mass is 9.59. The van der Waals surface area contributed by atoms with E-state index in [1.54, 1.807) is 24.3 Å². The predicted molar refractivity (Wildman–Crippen MR) is 151 cm³/mol. The number of amides is 2. The Balaban J connectivity index is 1.49. The number of allylic oxidation sites excluding steroid dienone is 6. The van der Waals surface area contributed by atoms with E-state index in [1.807, 2.05) is 18.2 Å². The topological polar surface area (TPSA) is 101 Å². The number of benzene rings is 2. The maximum absolute atomic E-state index is 13.9. The largest absolute Gasteiger partial charge is 0.504 e. The third-order valence-corrected chi connectivity index (χ3v) is 9.26. The Kier molecular flexibility index (Phi) is 6.18. The van der Waals surface area contributed by atoms with Gasteiger partial charge in [-0.25, -0.2) is 0 Å². The number of rotatable bonds is 3. The Morgan fingerprint density at radius 2 is 1.76 bits per heavy atom. The normalized spacial score (nSPS) is 26.6. The Morgan fingerprint density at radius 1 is 1.03 bits per heavy atom. The molecule has 4 aliphatic rings. The zero-order valence-corrected chi connectivity index (χ0v) is 23.9. The van der Waals surface area contributed by atoms with E-state index in [0.29, 0.717) is 28.8 Å². The first-order valence-electron chi connectivity index (χ1n) is 12.1. The van der Waals surface area contributed by atoms with Crippen LogP contribution in [0, 0.1) is 21.3 Å². The molecule has 1 N–H and O–H groups in total. The van der Waals surface area contributed by atoms with Gasteiger partial charge in [0.15, 0.2) is 23.1 Å². The third kappa shape index (κ3) is 3.73. The van der Waals surface area contributed by atoms with Gasteiger partial charge >= 0.3 is 0 Å². The molecule has 4 atom stereocenters. The average Bonchev–Trinajstić information content (AvgIpc) is 3.16. The van der Waals surface area contributed by atoms with Crippen molar-refractivity contribution in [2.45, 2.75) is 18.8 Å². The molecular formula is C29H21BrINO6. The summed E-state index contributed by atoms with van der Waals surface area (Å²) in [6.07, 6.45) is 3.81. The highest BCUT2D eigenvalue weighted by molar-refractivity contribution is 14.1. The van der Waals surface area contributed by atoms with Gasteiger partial charge in [0.2, 0.25) is 11.8 Å². The van der Waals surface area contributed by atoms with Crippen LogP contribution < -0.4 is 9.64 Å². The minimum Gasteiger partial charge on any atom is -0.504 e. The van der Waals surface area contributed by atoms with E-state index in [1.165, 1.54) is 24.2 Å². The van der Waals surface area contributed by atoms with Crippen LogP contribution >= 0.6 is 38.5 Å². The number of hydrogen-bond donors (Lipinski definition) is 1. The summed E-state index contributed by atoms with van der Waals surface area (Å²) in [5, 5.41) is 10.2. The average molecular weight is 686 g/mol. The first-order valence-corrected chi connectivity index (χ1v) is 14.0. The second kappa shape index (κ2) is 9.30. The number of methoxy groups -OCH3 is 1. The van der Waals surface area contributed by atoms with Crippen LogP contribution in [0.2, 0.25) is 0 Å². The molecule has 38 heavy (non-hydrogen) atoms. The number of phenols is 1. The number of anilines is 1. The molecule has 6 rings (SSSR count). The van der Waals surface area contributed by atoms with E-state index in [2.05, 4.69) is 38.5 Å². The molecule has 2 amide bonds. The van der Waals surface area contributed by atoms with Gasteiger partial charge in [-0.15, -0.1) is 0 Å². The van der Waals surface area contributed by atoms with Crippen molar-refractivity contribution < 1.29 is 29.0 Å². The Morgan fingerprint density at radius 3 is 2.47 bits per heavy atom. The van der Waals surface area contributed by atoms with Crippen molar-refractivity contribution in [3.63, 3.8) is 0 Å². The molecule has 2 aromatic rings. The number of nitrogens with zero attached hydrogens (tertiary/aromatic N) is 1. The van der Waals surface area contributed by atoms with Crippen molar-refractivity contribution in [3.05, 3.63) is 85.0 Å². The summed E-state index contributed by atoms with van der Waals surface area (Å²) in [6.45, 7) is 0. The molecule has 192 valence electrons. The van der Waals surface area contributed by atoms with Gasteiger partial charge in [-0.05, 0) is 99.2 Å². The number of phenolic OH excluding ortho intramolecular Hbond substituents is 1. The summed E-state index contributed by atoms with van der Waals surface area (Å²) in [5.74, 6) is -3.13. The number of fused-ring (bicyclic) bond motifs is 3. The van der Waals surface area contributed by atoms with E-state index in [-0.39, 0.29) is 45.8 Å². The van der Waals surface area contributed by atoms with Gasteiger partial charge < -0.3 is 9.84 Å². The highest BCUT2D eigenvalue weighted by Gasteiger charge is 2.56. The molecule has 2 aromatic carbocycles. The van der Waals surface area contributed by atoms with Crippen LogP contribution in [0.3, 0.4) is 0 Å². The molecule has 0 aromatic heterocycles. The lowest BCUT2D eigenvalue weighted by Gasteiger charge is -2.42. The summed E-state index contributed by atoms with van der Waals surface area (Å²) in [7, 11) is 1.44. The maximum atomic E-state index is 13.9. The summed E-state index contributed by atoms with van der Waals surface area (Å²) in [5.41, 5.74) is 2.77. The zero-order valence-electron chi connectivity index (χ0n) is 20.1. The third-order valence-electron chi connectivity index (χ3n) is 7.95. The van der Waals surface area contributed by atoms with Gasteiger partial charge in [-0.2, -0.15) is 0 Å². The van der Waals surface area contributed by atoms with Crippen molar-refractivity contribution in [3.8, 4) is 11.5 Å². The molecule has 1 fully saturated rings. The molecule has 9 heteroatoms. The number of aromatic hydroxyl groups is 1. The predicted octanol–water partition coefficient (Wildman–Crippen LogP) is 4.97. The fourth-order valence-corrected chi connectivity index (χ4v) is 7.11. The molecule has 0 bridgehead atoms. The zero-order chi connectivity index (χ0) is 26.9. The fraction of sp³-hybridized carbons (Fsp3) is 0.241. The van der Waals surface area contributed by atoms with Crippen LogP contribution in [0.25, 0.3) is 0 Å². The summed E-state index contributed by atoms with van der Waals surface area (Å²) >= 11 is 5.41. The number of imide groups is 1. The van der Waals surface area contributed by atoms with Gasteiger partial charge in [0.25, 0.3) is 0 Å². The second-order valence-electron chi connectivity index (χ2n) is 9.81. The number of carbonyl (C=O) groups excluding carboxylic acids is 4. The maximum Gasteiger partial charge on any atom is 0.238 e. The van der Waals surface area contributed by atoms with E-state index in [0.717, 1.165) is 9.14 Å². The monoisotopic (exact) mass is 685 g/mol. The lowest BCUT2D eigenvalue weighted by molar-refractivity contribution is -0.123. The molecule has 0 radical (unpaired) electrons. The van der Waals surface area contributed by atoms with Gasteiger partial charge in [-0.3, -0.25) is 24.1 Å². The molecule has 0 saturated carbocycles. The number of ether oxygens (including phenoxy) is 1. The number of ketones is 2. The van der Waals surface area contributed by atoms with Gasteiger partial charge in [0, 0.05) is 26.7 Å². The smallest absolute Gasteiger partial charge is 0.238 e. The van der Waals surface area contributed by atoms with Crippen LogP contribution in [-0.2, 0) is 19.2 Å². The minimum atomic E-state index is -0.648. The number of Topliss-reactive ketones (excluding diaryl/α,β-unsaturated/α-hetero) is 1. The minimum absolute atomic E-state index is 0.0473. The second-order valence-corrected chi connectivity index (χ2v) is 11.9. The van der Waals surface area contributed by atoms with Crippen molar-refractivity contribution in [2.24, 2.45) is 17.8 Å². The molecule has 1 saturated heterocycles. The lowest BCUT2D eigenvalue weighted by Crippen LogP contribution is -2.39. The van der Waals surface area contributed by atoms with Crippen LogP contribution in [0.4, 0.5) is 5.69 Å². The van der Waals surface area contributed by atoms with Crippen LogP contribution in [0.1, 0.15) is 24.3 Å². The van der Waals surface area contributed by atoms with Crippen molar-refractivity contribution >= 4 is 67.6 Å². The summed E-state index contributed by atoms with van der Waals surface area (Å²) in [4.78, 5) is 55.3. The fourth-order valence-electron chi connectivity index (χ4n) is 6.30. The number of hydrogen-bond acceptors (Lipinski definition) is 6. The van der Waals surface area contributed by atoms with E-state index < -0.39 is 23.7 Å². The number of carbonyl (C=O) groups is 4. The van der Waals surface area contributed by atoms with Gasteiger partial charge in [0.05, 0.1) is 29.1 Å². The molecule has 0 spiro atoms. The van der Waals surface area contributed by atoms with E-state index in [9.17, 15) is 24.3 Å². The van der Waals surface area contributed by atoms with Crippen LogP contribution in [-0.4, -0.2) is 35.6 Å². The van der Waals surface area contributed by atoms with Gasteiger partial charge in [0.1, 0.15) is 0 Å². The molecule has 7 nitrogen and oxygen atoms in total. The van der Waals surface area contributed by atoms with Crippen molar-refractivity contribution in [2.75, 3.05) is 12.0 Å². The first kappa shape index (κ1) is 25.2. The van der Waals surface area contributed by atoms with Gasteiger partial charge in [-0.1, -0.05) is 17.7 Å². The highest BCUT2D eigenvalue weighted by Crippen LogP contribution is 2.56. The Labute approximate surface area is 240 Å². The quantitative estimate of drug-likeness (QED) is 0.212.